The number of ether oxygens (including phenoxy) is 1. The third-order valence-corrected chi connectivity index (χ3v) is 1.31. The van der Waals surface area contributed by atoms with Crippen molar-refractivity contribution in [1.82, 2.24) is 4.90 Å². The largest absolute Gasteiger partial charge is 0.385 e. The van der Waals surface area contributed by atoms with Gasteiger partial charge in [-0.3, -0.25) is 4.79 Å². The summed E-state index contributed by atoms with van der Waals surface area (Å²) in [4.78, 5) is 12.0. The highest BCUT2D eigenvalue weighted by Crippen LogP contribution is 1.87. The molecule has 0 aromatic rings. The molecule has 0 rings (SSSR count). The van der Waals surface area contributed by atoms with Gasteiger partial charge in [0.2, 0.25) is 6.41 Å². The molecule has 0 aliphatic heterocycles. The average Bonchev–Trinajstić information content (AvgIpc) is 2.03. The Hall–Kier alpha value is -0.830. The van der Waals surface area contributed by atoms with Gasteiger partial charge in [-0.15, -0.1) is 6.58 Å². The Morgan fingerprint density at radius 3 is 2.82 bits per heavy atom. The van der Waals surface area contributed by atoms with Gasteiger partial charge in [-0.2, -0.15) is 0 Å². The van der Waals surface area contributed by atoms with Gasteiger partial charge in [-0.1, -0.05) is 6.08 Å². The lowest BCUT2D eigenvalue weighted by atomic mass is 10.4. The number of hydrogen-bond acceptors (Lipinski definition) is 2. The van der Waals surface area contributed by atoms with E-state index in [4.69, 9.17) is 4.74 Å². The molecule has 0 aliphatic rings. The highest BCUT2D eigenvalue weighted by molar-refractivity contribution is 5.47. The normalized spacial score (nSPS) is 9.18. The summed E-state index contributed by atoms with van der Waals surface area (Å²) in [5.41, 5.74) is 0. The molecule has 0 unspecified atom stereocenters. The van der Waals surface area contributed by atoms with Crippen LogP contribution in [0.2, 0.25) is 0 Å². The molecule has 3 nitrogen and oxygen atoms in total. The molecular weight excluding hydrogens is 142 g/mol. The van der Waals surface area contributed by atoms with Crippen molar-refractivity contribution in [2.45, 2.75) is 6.42 Å². The molecule has 3 heteroatoms. The Morgan fingerprint density at radius 1 is 1.64 bits per heavy atom. The molecule has 0 aromatic carbocycles. The van der Waals surface area contributed by atoms with Crippen molar-refractivity contribution in [3.63, 3.8) is 0 Å². The molecular formula is C8H15NO2. The van der Waals surface area contributed by atoms with Crippen molar-refractivity contribution >= 4 is 6.41 Å². The summed E-state index contributed by atoms with van der Waals surface area (Å²) in [7, 11) is 1.65. The average molecular weight is 157 g/mol. The van der Waals surface area contributed by atoms with E-state index in [9.17, 15) is 4.79 Å². The van der Waals surface area contributed by atoms with E-state index in [1.165, 1.54) is 0 Å². The molecule has 0 radical (unpaired) electrons. The lowest BCUT2D eigenvalue weighted by Gasteiger charge is -2.13. The second kappa shape index (κ2) is 7.28. The van der Waals surface area contributed by atoms with E-state index in [1.54, 1.807) is 18.1 Å². The number of methoxy groups -OCH3 is 1. The summed E-state index contributed by atoms with van der Waals surface area (Å²) in [5, 5.41) is 0. The first kappa shape index (κ1) is 10.2. The van der Waals surface area contributed by atoms with E-state index >= 15 is 0 Å². The molecule has 1 amide bonds. The highest BCUT2D eigenvalue weighted by atomic mass is 16.5. The number of rotatable bonds is 7. The van der Waals surface area contributed by atoms with Crippen LogP contribution >= 0.6 is 0 Å². The zero-order valence-corrected chi connectivity index (χ0v) is 6.95. The van der Waals surface area contributed by atoms with Gasteiger partial charge in [-0.25, -0.2) is 0 Å². The summed E-state index contributed by atoms with van der Waals surface area (Å²) in [6, 6.07) is 0. The Morgan fingerprint density at radius 2 is 2.36 bits per heavy atom. The van der Waals surface area contributed by atoms with Crippen LogP contribution in [0.4, 0.5) is 0 Å². The third kappa shape index (κ3) is 5.61. The molecule has 0 heterocycles. The maximum absolute atomic E-state index is 10.3. The van der Waals surface area contributed by atoms with E-state index in [2.05, 4.69) is 6.58 Å². The summed E-state index contributed by atoms with van der Waals surface area (Å²) >= 11 is 0. The van der Waals surface area contributed by atoms with Gasteiger partial charge in [0, 0.05) is 26.8 Å². The number of amides is 1. The van der Waals surface area contributed by atoms with Gasteiger partial charge in [0.15, 0.2) is 0 Å². The van der Waals surface area contributed by atoms with E-state index in [0.717, 1.165) is 19.4 Å². The topological polar surface area (TPSA) is 29.5 Å². The first-order valence-electron chi connectivity index (χ1n) is 3.64. The Labute approximate surface area is 67.6 Å². The fraction of sp³-hybridized carbons (Fsp3) is 0.625. The number of carbonyl (C=O) groups is 1. The lowest BCUT2D eigenvalue weighted by Crippen LogP contribution is -2.23. The Balaban J connectivity index is 3.35. The van der Waals surface area contributed by atoms with Crippen molar-refractivity contribution in [3.8, 4) is 0 Å². The maximum Gasteiger partial charge on any atom is 0.209 e. The summed E-state index contributed by atoms with van der Waals surface area (Å²) in [6.45, 7) is 5.60. The van der Waals surface area contributed by atoms with Gasteiger partial charge in [-0.05, 0) is 6.42 Å². The molecule has 0 aromatic heterocycles. The minimum atomic E-state index is 0.618. The maximum atomic E-state index is 10.3. The molecule has 11 heavy (non-hydrogen) atoms. The van der Waals surface area contributed by atoms with Crippen LogP contribution in [0.25, 0.3) is 0 Å². The van der Waals surface area contributed by atoms with Crippen LogP contribution in [0.15, 0.2) is 12.7 Å². The highest BCUT2D eigenvalue weighted by Gasteiger charge is 1.96. The van der Waals surface area contributed by atoms with Crippen LogP contribution in [-0.4, -0.2) is 38.1 Å². The van der Waals surface area contributed by atoms with Gasteiger partial charge in [0.25, 0.3) is 0 Å². The second-order valence-corrected chi connectivity index (χ2v) is 2.24. The minimum Gasteiger partial charge on any atom is -0.385 e. The fourth-order valence-electron chi connectivity index (χ4n) is 0.765. The smallest absolute Gasteiger partial charge is 0.209 e. The van der Waals surface area contributed by atoms with Crippen molar-refractivity contribution < 1.29 is 9.53 Å². The molecule has 0 bridgehead atoms. The SMILES string of the molecule is C=CCN(C=O)CCCOC. The van der Waals surface area contributed by atoms with Gasteiger partial charge >= 0.3 is 0 Å². The van der Waals surface area contributed by atoms with Crippen molar-refractivity contribution in [2.75, 3.05) is 26.8 Å². The zero-order chi connectivity index (χ0) is 8.53. The predicted octanol–water partition coefficient (Wildman–Crippen LogP) is 0.667. The molecule has 0 fully saturated rings. The Bertz CT molecular complexity index is 115. The van der Waals surface area contributed by atoms with E-state index in [1.807, 2.05) is 0 Å². The minimum absolute atomic E-state index is 0.618. The van der Waals surface area contributed by atoms with Crippen LogP contribution < -0.4 is 0 Å². The number of nitrogens with zero attached hydrogens (tertiary/aromatic N) is 1. The summed E-state index contributed by atoms with van der Waals surface area (Å²) < 4.78 is 4.85. The molecule has 64 valence electrons. The molecule has 0 saturated heterocycles. The summed E-state index contributed by atoms with van der Waals surface area (Å²) in [6.07, 6.45) is 3.42. The van der Waals surface area contributed by atoms with Crippen molar-refractivity contribution in [1.29, 1.82) is 0 Å². The van der Waals surface area contributed by atoms with Gasteiger partial charge in [0.1, 0.15) is 0 Å². The van der Waals surface area contributed by atoms with E-state index in [-0.39, 0.29) is 0 Å². The molecule has 0 saturated carbocycles. The third-order valence-electron chi connectivity index (χ3n) is 1.31. The van der Waals surface area contributed by atoms with E-state index < -0.39 is 0 Å². The lowest BCUT2D eigenvalue weighted by molar-refractivity contribution is -0.117. The van der Waals surface area contributed by atoms with Crippen molar-refractivity contribution in [3.05, 3.63) is 12.7 Å². The number of carbonyl (C=O) groups excluding carboxylic acids is 1. The molecule has 0 atom stereocenters. The van der Waals surface area contributed by atoms with Crippen LogP contribution in [0.5, 0.6) is 0 Å². The first-order chi connectivity index (χ1) is 5.35. The Kier molecular flexibility index (Phi) is 6.73. The van der Waals surface area contributed by atoms with Crippen LogP contribution in [0.1, 0.15) is 6.42 Å². The van der Waals surface area contributed by atoms with Crippen LogP contribution in [0.3, 0.4) is 0 Å². The standard InChI is InChI=1S/C8H15NO2/c1-3-5-9(8-10)6-4-7-11-2/h3,8H,1,4-7H2,2H3. The molecule has 0 N–H and O–H groups in total. The van der Waals surface area contributed by atoms with Gasteiger partial charge in [0.05, 0.1) is 0 Å². The van der Waals surface area contributed by atoms with Crippen LogP contribution in [-0.2, 0) is 9.53 Å². The summed E-state index contributed by atoms with van der Waals surface area (Å²) in [5.74, 6) is 0. The van der Waals surface area contributed by atoms with Gasteiger partial charge < -0.3 is 9.64 Å². The molecule has 0 spiro atoms. The zero-order valence-electron chi connectivity index (χ0n) is 6.95. The van der Waals surface area contributed by atoms with E-state index in [0.29, 0.717) is 13.2 Å². The number of hydrogen-bond donors (Lipinski definition) is 0. The quantitative estimate of drug-likeness (QED) is 0.309. The van der Waals surface area contributed by atoms with Crippen molar-refractivity contribution in [2.24, 2.45) is 0 Å². The predicted molar refractivity (Wildman–Crippen MR) is 44.3 cm³/mol. The first-order valence-corrected chi connectivity index (χ1v) is 3.64. The molecule has 0 aliphatic carbocycles. The van der Waals surface area contributed by atoms with Crippen LogP contribution in [0, 0.1) is 0 Å². The monoisotopic (exact) mass is 157 g/mol. The fourth-order valence-corrected chi connectivity index (χ4v) is 0.765. The second-order valence-electron chi connectivity index (χ2n) is 2.24.